The lowest BCUT2D eigenvalue weighted by Gasteiger charge is -2.13. The zero-order chi connectivity index (χ0) is 16.9. The molecule has 1 atom stereocenters. The van der Waals surface area contributed by atoms with Gasteiger partial charge in [-0.25, -0.2) is 8.42 Å². The third-order valence-corrected chi connectivity index (χ3v) is 5.96. The van der Waals surface area contributed by atoms with Gasteiger partial charge in [-0.2, -0.15) is 5.26 Å². The Kier molecular flexibility index (Phi) is 5.36. The average Bonchev–Trinajstić information content (AvgIpc) is 2.55. The molecule has 0 saturated carbocycles. The van der Waals surface area contributed by atoms with Gasteiger partial charge in [0, 0.05) is 6.07 Å². The van der Waals surface area contributed by atoms with Crippen LogP contribution in [0.3, 0.4) is 0 Å². The predicted octanol–water partition coefficient (Wildman–Crippen LogP) is 3.32. The number of nitrogens with zero attached hydrogens (tertiary/aromatic N) is 2. The quantitative estimate of drug-likeness (QED) is 0.451. The zero-order valence-electron chi connectivity index (χ0n) is 11.8. The van der Waals surface area contributed by atoms with E-state index >= 15 is 0 Å². The number of nitriles is 1. The Bertz CT molecular complexity index is 845. The average molecular weight is 348 g/mol. The van der Waals surface area contributed by atoms with Crippen molar-refractivity contribution in [3.8, 4) is 5.40 Å². The number of sulfone groups is 1. The van der Waals surface area contributed by atoms with Crippen molar-refractivity contribution in [2.45, 2.75) is 10.1 Å². The first kappa shape index (κ1) is 17.0. The number of rotatable bonds is 6. The summed E-state index contributed by atoms with van der Waals surface area (Å²) >= 11 is 0.822. The third-order valence-electron chi connectivity index (χ3n) is 3.13. The summed E-state index contributed by atoms with van der Waals surface area (Å²) in [5, 5.41) is 21.2. The Morgan fingerprint density at radius 2 is 1.74 bits per heavy atom. The van der Waals surface area contributed by atoms with Crippen LogP contribution < -0.4 is 0 Å². The van der Waals surface area contributed by atoms with E-state index in [1.54, 1.807) is 30.3 Å². The van der Waals surface area contributed by atoms with Crippen LogP contribution in [-0.4, -0.2) is 19.1 Å². The van der Waals surface area contributed by atoms with Crippen LogP contribution in [-0.2, 0) is 9.84 Å². The lowest BCUT2D eigenvalue weighted by atomic mass is 10.2. The van der Waals surface area contributed by atoms with E-state index in [0.29, 0.717) is 5.56 Å². The van der Waals surface area contributed by atoms with E-state index in [2.05, 4.69) is 0 Å². The first-order valence-electron chi connectivity index (χ1n) is 6.51. The number of hydrogen-bond donors (Lipinski definition) is 0. The maximum Gasteiger partial charge on any atom is 0.287 e. The van der Waals surface area contributed by atoms with Gasteiger partial charge in [-0.3, -0.25) is 10.1 Å². The summed E-state index contributed by atoms with van der Waals surface area (Å²) in [7, 11) is -3.92. The molecule has 0 aliphatic carbocycles. The predicted molar refractivity (Wildman–Crippen MR) is 87.5 cm³/mol. The van der Waals surface area contributed by atoms with Crippen LogP contribution in [0.5, 0.6) is 0 Å². The Morgan fingerprint density at radius 3 is 2.35 bits per heavy atom. The fourth-order valence-corrected chi connectivity index (χ4v) is 4.84. The van der Waals surface area contributed by atoms with Crippen LogP contribution in [0.1, 0.15) is 10.8 Å². The highest BCUT2D eigenvalue weighted by Gasteiger charge is 2.29. The molecular formula is C15H12N2O4S2. The van der Waals surface area contributed by atoms with Gasteiger partial charge >= 0.3 is 0 Å². The molecule has 118 valence electrons. The van der Waals surface area contributed by atoms with Crippen molar-refractivity contribution in [1.29, 1.82) is 5.26 Å². The number of benzene rings is 2. The van der Waals surface area contributed by atoms with Crippen molar-refractivity contribution in [3.05, 3.63) is 70.3 Å². The van der Waals surface area contributed by atoms with Gasteiger partial charge in [-0.1, -0.05) is 42.5 Å². The molecule has 8 heteroatoms. The molecule has 6 nitrogen and oxygen atoms in total. The summed E-state index contributed by atoms with van der Waals surface area (Å²) in [6.07, 6.45) is 0. The van der Waals surface area contributed by atoms with Gasteiger partial charge < -0.3 is 0 Å². The number of para-hydroxylation sites is 1. The highest BCUT2D eigenvalue weighted by atomic mass is 32.2. The Hall–Kier alpha value is -2.37. The highest BCUT2D eigenvalue weighted by molar-refractivity contribution is 8.04. The van der Waals surface area contributed by atoms with E-state index in [1.165, 1.54) is 18.2 Å². The van der Waals surface area contributed by atoms with Crippen LogP contribution in [0.25, 0.3) is 0 Å². The van der Waals surface area contributed by atoms with Crippen molar-refractivity contribution in [2.24, 2.45) is 0 Å². The molecule has 2 rings (SSSR count). The van der Waals surface area contributed by atoms with Gasteiger partial charge in [0.2, 0.25) is 0 Å². The number of nitro benzene ring substituents is 1. The molecule has 0 amide bonds. The Labute approximate surface area is 137 Å². The summed E-state index contributed by atoms with van der Waals surface area (Å²) in [6.45, 7) is 0. The van der Waals surface area contributed by atoms with E-state index in [9.17, 15) is 18.5 Å². The lowest BCUT2D eigenvalue weighted by molar-refractivity contribution is -0.387. The molecule has 0 saturated heterocycles. The van der Waals surface area contributed by atoms with Gasteiger partial charge in [0.1, 0.15) is 10.3 Å². The molecule has 2 aromatic carbocycles. The summed E-state index contributed by atoms with van der Waals surface area (Å²) in [4.78, 5) is 9.98. The number of thiocyanates is 1. The van der Waals surface area contributed by atoms with Gasteiger partial charge in [-0.15, -0.1) is 0 Å². The fourth-order valence-electron chi connectivity index (χ4n) is 2.09. The van der Waals surface area contributed by atoms with Crippen LogP contribution in [0, 0.1) is 20.8 Å². The van der Waals surface area contributed by atoms with Crippen molar-refractivity contribution in [3.63, 3.8) is 0 Å². The Morgan fingerprint density at radius 1 is 1.13 bits per heavy atom. The summed E-state index contributed by atoms with van der Waals surface area (Å²) < 4.78 is 25.2. The lowest BCUT2D eigenvalue weighted by Crippen LogP contribution is -2.14. The molecule has 0 fully saturated rings. The number of hydrogen-bond acceptors (Lipinski definition) is 6. The summed E-state index contributed by atoms with van der Waals surface area (Å²) in [5.41, 5.74) is 0.225. The van der Waals surface area contributed by atoms with E-state index in [4.69, 9.17) is 5.26 Å². The maximum atomic E-state index is 12.6. The van der Waals surface area contributed by atoms with E-state index in [0.717, 1.165) is 17.8 Å². The van der Waals surface area contributed by atoms with Gasteiger partial charge in [0.25, 0.3) is 5.69 Å². The molecular weight excluding hydrogens is 336 g/mol. The van der Waals surface area contributed by atoms with Crippen LogP contribution in [0.2, 0.25) is 0 Å². The smallest absolute Gasteiger partial charge is 0.258 e. The topological polar surface area (TPSA) is 101 Å². The van der Waals surface area contributed by atoms with Crippen molar-refractivity contribution >= 4 is 27.3 Å². The zero-order valence-corrected chi connectivity index (χ0v) is 13.5. The maximum absolute atomic E-state index is 12.6. The molecule has 0 bridgehead atoms. The second-order valence-electron chi connectivity index (χ2n) is 4.61. The molecule has 0 aliphatic heterocycles. The standard InChI is InChI=1S/C15H12N2O4S2/c16-11-22-14(12-6-2-1-3-7-12)10-23(20,21)15-9-5-4-8-13(15)17(18)19/h1-9,14H,10H2/t14-/m1/s1. The minimum atomic E-state index is -3.92. The monoisotopic (exact) mass is 348 g/mol. The minimum absolute atomic E-state index is 0.329. The molecule has 0 aliphatic rings. The molecule has 23 heavy (non-hydrogen) atoms. The van der Waals surface area contributed by atoms with Crippen molar-refractivity contribution < 1.29 is 13.3 Å². The van der Waals surface area contributed by atoms with E-state index < -0.39 is 25.7 Å². The second kappa shape index (κ2) is 7.26. The molecule has 0 heterocycles. The molecule has 2 aromatic rings. The number of nitro groups is 1. The van der Waals surface area contributed by atoms with E-state index in [-0.39, 0.29) is 10.6 Å². The molecule has 0 aromatic heterocycles. The minimum Gasteiger partial charge on any atom is -0.258 e. The highest BCUT2D eigenvalue weighted by Crippen LogP contribution is 2.33. The largest absolute Gasteiger partial charge is 0.287 e. The molecule has 0 unspecified atom stereocenters. The van der Waals surface area contributed by atoms with Crippen LogP contribution in [0.4, 0.5) is 5.69 Å². The summed E-state index contributed by atoms with van der Waals surface area (Å²) in [6, 6.07) is 14.0. The van der Waals surface area contributed by atoms with Crippen molar-refractivity contribution in [1.82, 2.24) is 0 Å². The molecule has 0 radical (unpaired) electrons. The first-order valence-corrected chi connectivity index (χ1v) is 9.05. The van der Waals surface area contributed by atoms with E-state index in [1.807, 2.05) is 5.40 Å². The normalized spacial score (nSPS) is 12.3. The molecule has 0 N–H and O–H groups in total. The van der Waals surface area contributed by atoms with Crippen LogP contribution >= 0.6 is 11.8 Å². The van der Waals surface area contributed by atoms with Crippen molar-refractivity contribution in [2.75, 3.05) is 5.75 Å². The van der Waals surface area contributed by atoms with Crippen LogP contribution in [0.15, 0.2) is 59.5 Å². The Balaban J connectivity index is 2.40. The van der Waals surface area contributed by atoms with Gasteiger partial charge in [0.15, 0.2) is 9.84 Å². The third kappa shape index (κ3) is 4.09. The fraction of sp³-hybridized carbons (Fsp3) is 0.133. The number of thioether (sulfide) groups is 1. The van der Waals surface area contributed by atoms with Gasteiger partial charge in [0.05, 0.1) is 15.9 Å². The van der Waals surface area contributed by atoms with Gasteiger partial charge in [-0.05, 0) is 23.4 Å². The second-order valence-corrected chi connectivity index (χ2v) is 7.60. The summed E-state index contributed by atoms with van der Waals surface area (Å²) in [5.74, 6) is -0.389. The SMILES string of the molecule is N#CS[C@H](CS(=O)(=O)c1ccccc1[N+](=O)[O-])c1ccccc1. The molecule has 0 spiro atoms. The first-order chi connectivity index (χ1) is 11.0.